The van der Waals surface area contributed by atoms with E-state index < -0.39 is 0 Å². The molecule has 8 heteroatoms. The molecule has 1 aromatic heterocycles. The highest BCUT2D eigenvalue weighted by molar-refractivity contribution is 7.11. The predicted molar refractivity (Wildman–Crippen MR) is 104 cm³/mol. The second-order valence-corrected chi connectivity index (χ2v) is 6.24. The Balaban J connectivity index is 0.000000238. The molecule has 0 saturated heterocycles. The molecule has 0 aliphatic carbocycles. The number of allylic oxidation sites excluding steroid dienone is 1. The summed E-state index contributed by atoms with van der Waals surface area (Å²) in [6.07, 6.45) is 2.57. The third kappa shape index (κ3) is 7.86. The lowest BCUT2D eigenvalue weighted by molar-refractivity contribution is -0.105. The highest BCUT2D eigenvalue weighted by atomic mass is 35.5. The number of halogens is 2. The van der Waals surface area contributed by atoms with Crippen LogP contribution in [0.3, 0.4) is 0 Å². The number of aldehydes is 1. The van der Waals surface area contributed by atoms with E-state index in [-0.39, 0.29) is 5.82 Å². The first-order valence-electron chi connectivity index (χ1n) is 7.78. The van der Waals surface area contributed by atoms with Crippen molar-refractivity contribution in [3.05, 3.63) is 63.0 Å². The van der Waals surface area contributed by atoms with E-state index in [4.69, 9.17) is 11.6 Å². The Morgan fingerprint density at radius 1 is 1.46 bits per heavy atom. The number of thiazole rings is 1. The molecule has 0 radical (unpaired) electrons. The van der Waals surface area contributed by atoms with E-state index in [1.165, 1.54) is 23.5 Å². The van der Waals surface area contributed by atoms with E-state index in [0.29, 0.717) is 17.1 Å². The molecule has 3 rings (SSSR count). The minimum Gasteiger partial charge on any atom is -0.385 e. The SMILES string of the molecule is CC1=C(C=O)CN=C(c2nccs2)N1.CCOC.Fc1cccc(Cl)c1. The standard InChI is InChI=1S/C9H9N3OS.C6H4ClF.C3H8O/c1-6-7(5-13)4-11-8(12-6)9-10-2-3-14-9;7-5-2-1-3-6(8)4-5;1-3-4-2/h2-3,5H,4H2,1H3,(H,11,12);1-4H;3H2,1-2H3. The molecular formula is C18H21ClFN3O2S. The van der Waals surface area contributed by atoms with E-state index in [2.05, 4.69) is 20.0 Å². The molecule has 0 unspecified atom stereocenters. The lowest BCUT2D eigenvalue weighted by atomic mass is 10.2. The van der Waals surface area contributed by atoms with Gasteiger partial charge in [-0.1, -0.05) is 17.7 Å². The Morgan fingerprint density at radius 3 is 2.62 bits per heavy atom. The normalized spacial score (nSPS) is 12.7. The average Bonchev–Trinajstić information content (AvgIpc) is 3.17. The van der Waals surface area contributed by atoms with Gasteiger partial charge in [0.15, 0.2) is 10.8 Å². The number of methoxy groups -OCH3 is 1. The zero-order chi connectivity index (χ0) is 19.4. The Hall–Kier alpha value is -2.09. The van der Waals surface area contributed by atoms with Crippen LogP contribution in [0.5, 0.6) is 0 Å². The minimum atomic E-state index is -0.294. The number of nitrogens with zero attached hydrogens (tertiary/aromatic N) is 2. The fourth-order valence-corrected chi connectivity index (χ4v) is 2.40. The maximum Gasteiger partial charge on any atom is 0.162 e. The number of benzene rings is 1. The van der Waals surface area contributed by atoms with Gasteiger partial charge in [0.1, 0.15) is 12.1 Å². The van der Waals surface area contributed by atoms with Crippen LogP contribution in [0, 0.1) is 5.82 Å². The summed E-state index contributed by atoms with van der Waals surface area (Å²) in [6, 6.07) is 5.82. The molecule has 1 aromatic carbocycles. The van der Waals surface area contributed by atoms with Gasteiger partial charge < -0.3 is 10.1 Å². The average molecular weight is 398 g/mol. The molecule has 2 heterocycles. The van der Waals surface area contributed by atoms with Crippen molar-refractivity contribution < 1.29 is 13.9 Å². The largest absolute Gasteiger partial charge is 0.385 e. The summed E-state index contributed by atoms with van der Waals surface area (Å²) in [5.74, 6) is 0.459. The quantitative estimate of drug-likeness (QED) is 0.792. The number of aliphatic imine (C=N–C) groups is 1. The number of carbonyl (C=O) groups excluding carboxylic acids is 1. The maximum absolute atomic E-state index is 12.1. The highest BCUT2D eigenvalue weighted by Crippen LogP contribution is 2.11. The molecule has 1 aliphatic rings. The van der Waals surface area contributed by atoms with Gasteiger partial charge in [-0.15, -0.1) is 11.3 Å². The molecule has 0 fully saturated rings. The van der Waals surface area contributed by atoms with Crippen molar-refractivity contribution in [3.63, 3.8) is 0 Å². The van der Waals surface area contributed by atoms with Gasteiger partial charge in [0.25, 0.3) is 0 Å². The minimum absolute atomic E-state index is 0.294. The third-order valence-electron chi connectivity index (χ3n) is 3.05. The van der Waals surface area contributed by atoms with Crippen LogP contribution in [0.4, 0.5) is 4.39 Å². The van der Waals surface area contributed by atoms with E-state index in [1.54, 1.807) is 25.4 Å². The lowest BCUT2D eigenvalue weighted by Gasteiger charge is -2.15. The molecule has 0 spiro atoms. The number of amidine groups is 1. The van der Waals surface area contributed by atoms with Gasteiger partial charge >= 0.3 is 0 Å². The molecule has 0 saturated carbocycles. The molecule has 0 amide bonds. The van der Waals surface area contributed by atoms with Crippen molar-refractivity contribution in [3.8, 4) is 0 Å². The van der Waals surface area contributed by atoms with Gasteiger partial charge in [-0.05, 0) is 32.0 Å². The molecule has 5 nitrogen and oxygen atoms in total. The van der Waals surface area contributed by atoms with Crippen LogP contribution < -0.4 is 5.32 Å². The van der Waals surface area contributed by atoms with Gasteiger partial charge in [0, 0.05) is 41.6 Å². The number of hydrogen-bond donors (Lipinski definition) is 1. The van der Waals surface area contributed by atoms with Gasteiger partial charge in [0.05, 0.1) is 6.54 Å². The summed E-state index contributed by atoms with van der Waals surface area (Å²) in [5, 5.41) is 6.25. The molecule has 1 aliphatic heterocycles. The van der Waals surface area contributed by atoms with Crippen molar-refractivity contribution in [2.45, 2.75) is 13.8 Å². The number of rotatable bonds is 3. The molecule has 0 bridgehead atoms. The maximum atomic E-state index is 12.1. The summed E-state index contributed by atoms with van der Waals surface area (Å²) in [4.78, 5) is 19.0. The first-order chi connectivity index (χ1) is 12.5. The van der Waals surface area contributed by atoms with Crippen molar-refractivity contribution in [2.24, 2.45) is 4.99 Å². The van der Waals surface area contributed by atoms with Crippen molar-refractivity contribution >= 4 is 35.1 Å². The van der Waals surface area contributed by atoms with E-state index in [1.807, 2.05) is 19.2 Å². The van der Waals surface area contributed by atoms with Gasteiger partial charge in [0.2, 0.25) is 0 Å². The smallest absolute Gasteiger partial charge is 0.162 e. The molecular weight excluding hydrogens is 377 g/mol. The summed E-state index contributed by atoms with van der Waals surface area (Å²) in [7, 11) is 1.68. The number of carbonyl (C=O) groups is 1. The predicted octanol–water partition coefficient (Wildman–Crippen LogP) is 4.10. The Bertz CT molecular complexity index is 729. The fourth-order valence-electron chi connectivity index (χ4n) is 1.63. The van der Waals surface area contributed by atoms with E-state index in [0.717, 1.165) is 29.4 Å². The van der Waals surface area contributed by atoms with E-state index in [9.17, 15) is 9.18 Å². The second-order valence-electron chi connectivity index (χ2n) is 4.91. The number of aromatic nitrogens is 1. The van der Waals surface area contributed by atoms with Crippen LogP contribution in [0.2, 0.25) is 5.02 Å². The van der Waals surface area contributed by atoms with Crippen LogP contribution in [-0.2, 0) is 9.53 Å². The topological polar surface area (TPSA) is 63.6 Å². The van der Waals surface area contributed by atoms with Gasteiger partial charge in [-0.2, -0.15) is 0 Å². The third-order valence-corrected chi connectivity index (χ3v) is 4.06. The van der Waals surface area contributed by atoms with Crippen molar-refractivity contribution in [2.75, 3.05) is 20.3 Å². The Kier molecular flexibility index (Phi) is 10.4. The molecule has 1 N–H and O–H groups in total. The Morgan fingerprint density at radius 2 is 2.19 bits per heavy atom. The van der Waals surface area contributed by atoms with Crippen molar-refractivity contribution in [1.82, 2.24) is 10.3 Å². The van der Waals surface area contributed by atoms with Gasteiger partial charge in [-0.25, -0.2) is 9.37 Å². The molecule has 140 valence electrons. The Labute approximate surface area is 161 Å². The van der Waals surface area contributed by atoms with Crippen LogP contribution in [0.15, 0.2) is 52.1 Å². The second kappa shape index (κ2) is 12.3. The number of ether oxygens (including phenoxy) is 1. The van der Waals surface area contributed by atoms with Gasteiger partial charge in [-0.3, -0.25) is 9.79 Å². The summed E-state index contributed by atoms with van der Waals surface area (Å²) >= 11 is 6.93. The zero-order valence-corrected chi connectivity index (χ0v) is 16.4. The first-order valence-corrected chi connectivity index (χ1v) is 9.03. The highest BCUT2D eigenvalue weighted by Gasteiger charge is 2.13. The summed E-state index contributed by atoms with van der Waals surface area (Å²) in [5.41, 5.74) is 1.56. The summed E-state index contributed by atoms with van der Waals surface area (Å²) < 4.78 is 16.6. The summed E-state index contributed by atoms with van der Waals surface area (Å²) in [6.45, 7) is 5.09. The van der Waals surface area contributed by atoms with Crippen LogP contribution in [0.25, 0.3) is 0 Å². The fraction of sp³-hybridized carbons (Fsp3) is 0.278. The monoisotopic (exact) mass is 397 g/mol. The first kappa shape index (κ1) is 22.0. The van der Waals surface area contributed by atoms with Crippen molar-refractivity contribution in [1.29, 1.82) is 0 Å². The molecule has 0 atom stereocenters. The van der Waals surface area contributed by atoms with Crippen LogP contribution >= 0.6 is 22.9 Å². The van der Waals surface area contributed by atoms with Crippen LogP contribution in [-0.4, -0.2) is 37.4 Å². The molecule has 26 heavy (non-hydrogen) atoms. The lowest BCUT2D eigenvalue weighted by Crippen LogP contribution is -2.28. The van der Waals surface area contributed by atoms with E-state index >= 15 is 0 Å². The number of nitrogens with one attached hydrogen (secondary N) is 1. The number of hydrogen-bond acceptors (Lipinski definition) is 6. The van der Waals surface area contributed by atoms with Crippen LogP contribution in [0.1, 0.15) is 18.9 Å². The zero-order valence-electron chi connectivity index (χ0n) is 14.8. The molecule has 2 aromatic rings.